The lowest BCUT2D eigenvalue weighted by Gasteiger charge is -2.25. The Hall–Kier alpha value is -3.91. The number of imidazole rings is 1. The van der Waals surface area contributed by atoms with E-state index in [1.165, 1.54) is 22.7 Å². The molecule has 0 bridgehead atoms. The van der Waals surface area contributed by atoms with Gasteiger partial charge in [-0.1, -0.05) is 24.3 Å². The summed E-state index contributed by atoms with van der Waals surface area (Å²) < 4.78 is 3.00. The standard InChI is InChI=1S/C30H25N5O2S3/c31-16-21-6-8-22(9-7-21)18-34-20-32-17-23(34)19-35(30(37)27-5-2-12-39-27)25-3-1-4-26-24(25)15-28(40-26)29(36)33-10-13-38-14-11-33/h1-9,12,15,17,20H,10-11,13-14,18-19H2. The van der Waals surface area contributed by atoms with Crippen LogP contribution in [-0.2, 0) is 13.1 Å². The number of carbonyl (C=O) groups is 2. The third-order valence-electron chi connectivity index (χ3n) is 6.87. The molecule has 1 aliphatic rings. The number of aromatic nitrogens is 2. The highest BCUT2D eigenvalue weighted by Crippen LogP contribution is 2.36. The van der Waals surface area contributed by atoms with E-state index < -0.39 is 0 Å². The topological polar surface area (TPSA) is 82.2 Å². The summed E-state index contributed by atoms with van der Waals surface area (Å²) in [6.45, 7) is 2.40. The minimum absolute atomic E-state index is 0.0593. The molecular weight excluding hydrogens is 559 g/mol. The van der Waals surface area contributed by atoms with Crippen molar-refractivity contribution in [2.24, 2.45) is 0 Å². The Balaban J connectivity index is 1.35. The highest BCUT2D eigenvalue weighted by molar-refractivity contribution is 7.99. The number of thiophene rings is 2. The van der Waals surface area contributed by atoms with Crippen molar-refractivity contribution < 1.29 is 9.59 Å². The van der Waals surface area contributed by atoms with Gasteiger partial charge in [0.25, 0.3) is 11.8 Å². The number of amides is 2. The zero-order chi connectivity index (χ0) is 27.5. The summed E-state index contributed by atoms with van der Waals surface area (Å²) >= 11 is 4.77. The van der Waals surface area contributed by atoms with Gasteiger partial charge in [0.15, 0.2) is 0 Å². The van der Waals surface area contributed by atoms with Crippen LogP contribution in [0, 0.1) is 11.3 Å². The fourth-order valence-electron chi connectivity index (χ4n) is 4.77. The van der Waals surface area contributed by atoms with E-state index in [0.29, 0.717) is 28.4 Å². The maximum absolute atomic E-state index is 13.9. The Kier molecular flexibility index (Phi) is 7.68. The van der Waals surface area contributed by atoms with Gasteiger partial charge >= 0.3 is 0 Å². The van der Waals surface area contributed by atoms with Gasteiger partial charge in [0, 0.05) is 47.4 Å². The quantitative estimate of drug-likeness (QED) is 0.231. The van der Waals surface area contributed by atoms with Gasteiger partial charge in [0.1, 0.15) is 0 Å². The van der Waals surface area contributed by atoms with Gasteiger partial charge in [0.05, 0.1) is 45.6 Å². The smallest absolute Gasteiger partial charge is 0.268 e. The zero-order valence-corrected chi connectivity index (χ0v) is 24.0. The second kappa shape index (κ2) is 11.7. The van der Waals surface area contributed by atoms with Crippen molar-refractivity contribution in [3.05, 3.63) is 105 Å². The molecule has 5 aromatic rings. The SMILES string of the molecule is N#Cc1ccc(Cn2cncc2CN(C(=O)c2cccs2)c2cccc3sc(C(=O)N4CCSCC4)cc23)cc1. The number of thioether (sulfide) groups is 1. The van der Waals surface area contributed by atoms with Gasteiger partial charge < -0.3 is 14.4 Å². The lowest BCUT2D eigenvalue weighted by molar-refractivity contribution is 0.0777. The van der Waals surface area contributed by atoms with Gasteiger partial charge in [-0.25, -0.2) is 4.98 Å². The third-order valence-corrected chi connectivity index (χ3v) is 9.76. The lowest BCUT2D eigenvalue weighted by atomic mass is 10.1. The van der Waals surface area contributed by atoms with Crippen molar-refractivity contribution in [2.45, 2.75) is 13.1 Å². The van der Waals surface area contributed by atoms with E-state index in [1.54, 1.807) is 29.6 Å². The van der Waals surface area contributed by atoms with Crippen LogP contribution in [0.25, 0.3) is 10.1 Å². The number of carbonyl (C=O) groups excluding carboxylic acids is 2. The Labute approximate surface area is 244 Å². The average Bonchev–Trinajstić information content (AvgIpc) is 3.78. The van der Waals surface area contributed by atoms with E-state index in [-0.39, 0.29) is 11.8 Å². The largest absolute Gasteiger partial charge is 0.336 e. The van der Waals surface area contributed by atoms with Crippen LogP contribution in [0.2, 0.25) is 0 Å². The number of nitrogens with zero attached hydrogens (tertiary/aromatic N) is 5. The molecule has 0 spiro atoms. The predicted octanol–water partition coefficient (Wildman–Crippen LogP) is 6.12. The molecule has 200 valence electrons. The summed E-state index contributed by atoms with van der Waals surface area (Å²) in [5.74, 6) is 1.88. The summed E-state index contributed by atoms with van der Waals surface area (Å²) in [7, 11) is 0. The lowest BCUT2D eigenvalue weighted by Crippen LogP contribution is -2.37. The molecule has 0 saturated carbocycles. The van der Waals surface area contributed by atoms with Crippen LogP contribution in [0.15, 0.2) is 78.6 Å². The third kappa shape index (κ3) is 5.41. The van der Waals surface area contributed by atoms with E-state index >= 15 is 0 Å². The predicted molar refractivity (Wildman–Crippen MR) is 162 cm³/mol. The van der Waals surface area contributed by atoms with E-state index in [0.717, 1.165) is 51.6 Å². The fourth-order valence-corrected chi connectivity index (χ4v) is 7.40. The van der Waals surface area contributed by atoms with Crippen molar-refractivity contribution in [2.75, 3.05) is 29.5 Å². The van der Waals surface area contributed by atoms with E-state index in [2.05, 4.69) is 11.1 Å². The monoisotopic (exact) mass is 583 g/mol. The summed E-state index contributed by atoms with van der Waals surface area (Å²) in [5.41, 5.74) is 3.30. The van der Waals surface area contributed by atoms with Gasteiger partial charge in [-0.2, -0.15) is 17.0 Å². The van der Waals surface area contributed by atoms with Crippen molar-refractivity contribution in [3.63, 3.8) is 0 Å². The molecule has 0 radical (unpaired) electrons. The Morgan fingerprint density at radius 3 is 2.60 bits per heavy atom. The first-order valence-corrected chi connectivity index (χ1v) is 15.7. The number of rotatable bonds is 7. The fraction of sp³-hybridized carbons (Fsp3) is 0.200. The second-order valence-corrected chi connectivity index (χ2v) is 12.7. The molecule has 1 fully saturated rings. The highest BCUT2D eigenvalue weighted by Gasteiger charge is 2.25. The number of hydrogen-bond donors (Lipinski definition) is 0. The van der Waals surface area contributed by atoms with Crippen molar-refractivity contribution >= 4 is 62.0 Å². The normalized spacial score (nSPS) is 13.3. The van der Waals surface area contributed by atoms with E-state index in [1.807, 2.05) is 75.1 Å². The van der Waals surface area contributed by atoms with Crippen molar-refractivity contribution in [1.29, 1.82) is 5.26 Å². The van der Waals surface area contributed by atoms with E-state index in [4.69, 9.17) is 5.26 Å². The molecule has 2 amide bonds. The summed E-state index contributed by atoms with van der Waals surface area (Å²) in [6.07, 6.45) is 3.55. The molecule has 0 aliphatic carbocycles. The first kappa shape index (κ1) is 26.3. The van der Waals surface area contributed by atoms with Crippen LogP contribution >= 0.6 is 34.4 Å². The van der Waals surface area contributed by atoms with Crippen LogP contribution in [0.4, 0.5) is 5.69 Å². The van der Waals surface area contributed by atoms with Crippen LogP contribution in [0.1, 0.15) is 36.2 Å². The number of anilines is 1. The number of hydrogen-bond acceptors (Lipinski definition) is 7. The van der Waals surface area contributed by atoms with Gasteiger partial charge in [-0.3, -0.25) is 9.59 Å². The molecule has 40 heavy (non-hydrogen) atoms. The molecule has 2 aromatic carbocycles. The Morgan fingerprint density at radius 1 is 1.02 bits per heavy atom. The molecule has 6 rings (SSSR count). The zero-order valence-electron chi connectivity index (χ0n) is 21.5. The Morgan fingerprint density at radius 2 is 1.85 bits per heavy atom. The number of benzene rings is 2. The maximum Gasteiger partial charge on any atom is 0.268 e. The van der Waals surface area contributed by atoms with Crippen molar-refractivity contribution in [3.8, 4) is 6.07 Å². The van der Waals surface area contributed by atoms with Gasteiger partial charge in [0.2, 0.25) is 0 Å². The van der Waals surface area contributed by atoms with E-state index in [9.17, 15) is 9.59 Å². The van der Waals surface area contributed by atoms with Gasteiger partial charge in [-0.05, 0) is 47.3 Å². The molecule has 1 aliphatic heterocycles. The van der Waals surface area contributed by atoms with Crippen LogP contribution < -0.4 is 4.90 Å². The summed E-state index contributed by atoms with van der Waals surface area (Å²) in [6, 6.07) is 21.2. The van der Waals surface area contributed by atoms with Gasteiger partial charge in [-0.15, -0.1) is 22.7 Å². The number of fused-ring (bicyclic) bond motifs is 1. The van der Waals surface area contributed by atoms with Crippen LogP contribution in [0.5, 0.6) is 0 Å². The summed E-state index contributed by atoms with van der Waals surface area (Å²) in [5, 5.41) is 11.9. The Bertz CT molecular complexity index is 1690. The van der Waals surface area contributed by atoms with Crippen LogP contribution in [0.3, 0.4) is 0 Å². The molecule has 1 saturated heterocycles. The first-order valence-electron chi connectivity index (χ1n) is 12.8. The number of nitriles is 1. The molecule has 3 aromatic heterocycles. The molecule has 7 nitrogen and oxygen atoms in total. The second-order valence-electron chi connectivity index (χ2n) is 9.39. The molecule has 0 unspecified atom stereocenters. The molecule has 10 heteroatoms. The summed E-state index contributed by atoms with van der Waals surface area (Å²) in [4.78, 5) is 36.7. The molecular formula is C30H25N5O2S3. The van der Waals surface area contributed by atoms with Crippen LogP contribution in [-0.4, -0.2) is 50.9 Å². The first-order chi connectivity index (χ1) is 19.6. The molecule has 4 heterocycles. The molecule has 0 N–H and O–H groups in total. The minimum Gasteiger partial charge on any atom is -0.336 e. The maximum atomic E-state index is 13.9. The minimum atomic E-state index is -0.0965. The highest BCUT2D eigenvalue weighted by atomic mass is 32.2. The average molecular weight is 584 g/mol. The molecule has 0 atom stereocenters. The van der Waals surface area contributed by atoms with Crippen molar-refractivity contribution in [1.82, 2.24) is 14.5 Å².